The molecule has 116 valence electrons. The molecule has 8 heteroatoms. The summed E-state index contributed by atoms with van der Waals surface area (Å²) in [6.07, 6.45) is 1.17. The maximum absolute atomic E-state index is 12.1. The van der Waals surface area contributed by atoms with E-state index in [9.17, 15) is 9.59 Å². The number of carbonyl (C=O) groups is 2. The fraction of sp³-hybridized carbons (Fsp3) is 0.214. The van der Waals surface area contributed by atoms with Crippen LogP contribution in [0.1, 0.15) is 6.92 Å². The van der Waals surface area contributed by atoms with Crippen molar-refractivity contribution in [3.05, 3.63) is 40.0 Å². The Morgan fingerprint density at radius 1 is 1.41 bits per heavy atom. The lowest BCUT2D eigenvalue weighted by molar-refractivity contribution is -0.126. The normalized spacial score (nSPS) is 10.8. The third-order valence-electron chi connectivity index (χ3n) is 2.60. The number of amides is 2. The van der Waals surface area contributed by atoms with Gasteiger partial charge in [0.15, 0.2) is 0 Å². The summed E-state index contributed by atoms with van der Waals surface area (Å²) in [5, 5.41) is 12.2. The predicted molar refractivity (Wildman–Crippen MR) is 85.2 cm³/mol. The monoisotopic (exact) mass is 340 g/mol. The van der Waals surface area contributed by atoms with Crippen LogP contribution in [0.3, 0.4) is 0 Å². The molecular formula is C14H14Cl2N4O2. The lowest BCUT2D eigenvalue weighted by atomic mass is 10.2. The van der Waals surface area contributed by atoms with E-state index in [1.165, 1.54) is 30.2 Å². The number of hydrogen-bond donors (Lipinski definition) is 2. The van der Waals surface area contributed by atoms with Gasteiger partial charge in [0.1, 0.15) is 11.6 Å². The summed E-state index contributed by atoms with van der Waals surface area (Å²) in [4.78, 5) is 24.7. The van der Waals surface area contributed by atoms with Gasteiger partial charge in [-0.2, -0.15) is 5.26 Å². The standard InChI is InChI=1S/C14H14Cl2N4O2/c1-9(21)20(5-4-17)8-10(7-18)14(22)19-11-2-3-12(15)13(16)6-11/h2-3,6,8H,4-5,17H2,1H3,(H,19,22)/b10-8-. The molecule has 0 bridgehead atoms. The number of benzene rings is 1. The molecule has 0 aliphatic carbocycles. The molecule has 1 aromatic carbocycles. The molecule has 2 amide bonds. The van der Waals surface area contributed by atoms with Crippen molar-refractivity contribution < 1.29 is 9.59 Å². The molecule has 3 N–H and O–H groups in total. The molecule has 0 radical (unpaired) electrons. The number of nitriles is 1. The van der Waals surface area contributed by atoms with Crippen molar-refractivity contribution in [1.29, 1.82) is 5.26 Å². The largest absolute Gasteiger partial charge is 0.329 e. The number of hydrogen-bond acceptors (Lipinski definition) is 4. The first-order chi connectivity index (χ1) is 10.4. The van der Waals surface area contributed by atoms with Crippen LogP contribution in [0.25, 0.3) is 0 Å². The van der Waals surface area contributed by atoms with Crippen molar-refractivity contribution in [1.82, 2.24) is 4.90 Å². The van der Waals surface area contributed by atoms with E-state index < -0.39 is 5.91 Å². The van der Waals surface area contributed by atoms with Crippen molar-refractivity contribution in [2.75, 3.05) is 18.4 Å². The van der Waals surface area contributed by atoms with E-state index >= 15 is 0 Å². The number of halogens is 2. The lowest BCUT2D eigenvalue weighted by Crippen LogP contribution is -2.30. The third-order valence-corrected chi connectivity index (χ3v) is 3.34. The SMILES string of the molecule is CC(=O)N(/C=C(/C#N)C(=O)Nc1ccc(Cl)c(Cl)c1)CCN. The maximum atomic E-state index is 12.1. The molecule has 22 heavy (non-hydrogen) atoms. The van der Waals surface area contributed by atoms with Crippen LogP contribution in [0.15, 0.2) is 30.0 Å². The van der Waals surface area contributed by atoms with Crippen molar-refractivity contribution in [2.24, 2.45) is 5.73 Å². The fourth-order valence-corrected chi connectivity index (χ4v) is 1.82. The zero-order chi connectivity index (χ0) is 16.7. The Hall–Kier alpha value is -2.07. The molecule has 0 unspecified atom stereocenters. The van der Waals surface area contributed by atoms with Gasteiger partial charge in [-0.15, -0.1) is 0 Å². The van der Waals surface area contributed by atoms with Crippen molar-refractivity contribution >= 4 is 40.7 Å². The highest BCUT2D eigenvalue weighted by molar-refractivity contribution is 6.42. The summed E-state index contributed by atoms with van der Waals surface area (Å²) in [6.45, 7) is 1.74. The number of nitrogens with two attached hydrogens (primary N) is 1. The van der Waals surface area contributed by atoms with E-state index in [1.54, 1.807) is 12.1 Å². The highest BCUT2D eigenvalue weighted by Gasteiger charge is 2.14. The van der Waals surface area contributed by atoms with Gasteiger partial charge in [0.05, 0.1) is 10.0 Å². The quantitative estimate of drug-likeness (QED) is 0.633. The third kappa shape index (κ3) is 5.04. The van der Waals surface area contributed by atoms with E-state index in [4.69, 9.17) is 34.2 Å². The summed E-state index contributed by atoms with van der Waals surface area (Å²) in [6, 6.07) is 6.27. The Labute approximate surface area is 138 Å². The van der Waals surface area contributed by atoms with Gasteiger partial charge in [-0.3, -0.25) is 9.59 Å². The highest BCUT2D eigenvalue weighted by Crippen LogP contribution is 2.25. The van der Waals surface area contributed by atoms with Crippen LogP contribution in [0.2, 0.25) is 10.0 Å². The summed E-state index contributed by atoms with van der Waals surface area (Å²) in [7, 11) is 0. The second-order valence-electron chi connectivity index (χ2n) is 4.24. The molecular weight excluding hydrogens is 327 g/mol. The minimum atomic E-state index is -0.663. The molecule has 0 atom stereocenters. The van der Waals surface area contributed by atoms with Gasteiger partial charge in [-0.25, -0.2) is 0 Å². The number of nitrogens with one attached hydrogen (secondary N) is 1. The van der Waals surface area contributed by atoms with Crippen molar-refractivity contribution in [2.45, 2.75) is 6.92 Å². The summed E-state index contributed by atoms with van der Waals surface area (Å²) in [5.41, 5.74) is 5.54. The Balaban J connectivity index is 2.94. The van der Waals surface area contributed by atoms with Crippen LogP contribution < -0.4 is 11.1 Å². The van der Waals surface area contributed by atoms with Crippen LogP contribution in [-0.4, -0.2) is 29.8 Å². The molecule has 0 aromatic heterocycles. The Morgan fingerprint density at radius 3 is 2.59 bits per heavy atom. The lowest BCUT2D eigenvalue weighted by Gasteiger charge is -2.15. The number of anilines is 1. The van der Waals surface area contributed by atoms with Crippen molar-refractivity contribution in [3.63, 3.8) is 0 Å². The molecule has 0 saturated heterocycles. The molecule has 0 heterocycles. The Morgan fingerprint density at radius 2 is 2.09 bits per heavy atom. The van der Waals surface area contributed by atoms with E-state index in [0.717, 1.165) is 0 Å². The average Bonchev–Trinajstić information content (AvgIpc) is 2.46. The minimum absolute atomic E-state index is 0.209. The van der Waals surface area contributed by atoms with Crippen LogP contribution >= 0.6 is 23.2 Å². The number of carbonyl (C=O) groups excluding carboxylic acids is 2. The minimum Gasteiger partial charge on any atom is -0.329 e. The molecule has 0 spiro atoms. The average molecular weight is 341 g/mol. The van der Waals surface area contributed by atoms with Gasteiger partial charge in [0.2, 0.25) is 5.91 Å². The predicted octanol–water partition coefficient (Wildman–Crippen LogP) is 2.15. The Bertz CT molecular complexity index is 653. The van der Waals surface area contributed by atoms with Gasteiger partial charge in [-0.05, 0) is 18.2 Å². The van der Waals surface area contributed by atoms with E-state index in [1.807, 2.05) is 0 Å². The number of rotatable bonds is 5. The van der Waals surface area contributed by atoms with Gasteiger partial charge >= 0.3 is 0 Å². The molecule has 1 aromatic rings. The van der Waals surface area contributed by atoms with E-state index in [-0.39, 0.29) is 29.6 Å². The van der Waals surface area contributed by atoms with Crippen molar-refractivity contribution in [3.8, 4) is 6.07 Å². The zero-order valence-electron chi connectivity index (χ0n) is 11.8. The zero-order valence-corrected chi connectivity index (χ0v) is 13.3. The fourth-order valence-electron chi connectivity index (χ4n) is 1.52. The van der Waals surface area contributed by atoms with Crippen LogP contribution in [0, 0.1) is 11.3 Å². The molecule has 0 aliphatic heterocycles. The second-order valence-corrected chi connectivity index (χ2v) is 5.05. The molecule has 0 saturated carbocycles. The topological polar surface area (TPSA) is 99.2 Å². The first-order valence-electron chi connectivity index (χ1n) is 6.24. The van der Waals surface area contributed by atoms with Gasteiger partial charge < -0.3 is 16.0 Å². The highest BCUT2D eigenvalue weighted by atomic mass is 35.5. The number of nitrogens with zero attached hydrogens (tertiary/aromatic N) is 2. The Kier molecular flexibility index (Phi) is 6.86. The first-order valence-corrected chi connectivity index (χ1v) is 7.00. The first kappa shape index (κ1) is 18.0. The maximum Gasteiger partial charge on any atom is 0.267 e. The summed E-state index contributed by atoms with van der Waals surface area (Å²) in [5.74, 6) is -0.982. The van der Waals surface area contributed by atoms with E-state index in [2.05, 4.69) is 5.32 Å². The molecule has 0 aliphatic rings. The molecule has 1 rings (SSSR count). The van der Waals surface area contributed by atoms with Gasteiger partial charge in [-0.1, -0.05) is 23.2 Å². The van der Waals surface area contributed by atoms with Crippen LogP contribution in [-0.2, 0) is 9.59 Å². The van der Waals surface area contributed by atoms with Gasteiger partial charge in [0.25, 0.3) is 5.91 Å². The summed E-state index contributed by atoms with van der Waals surface area (Å²) < 4.78 is 0. The van der Waals surface area contributed by atoms with Gasteiger partial charge in [0, 0.05) is 31.9 Å². The summed E-state index contributed by atoms with van der Waals surface area (Å²) >= 11 is 11.6. The van der Waals surface area contributed by atoms with Crippen LogP contribution in [0.5, 0.6) is 0 Å². The second kappa shape index (κ2) is 8.39. The molecule has 0 fully saturated rings. The smallest absolute Gasteiger partial charge is 0.267 e. The molecule has 6 nitrogen and oxygen atoms in total. The van der Waals surface area contributed by atoms with Crippen LogP contribution in [0.4, 0.5) is 5.69 Å². The van der Waals surface area contributed by atoms with E-state index in [0.29, 0.717) is 10.7 Å².